The van der Waals surface area contributed by atoms with Crippen LogP contribution < -0.4 is 27.4 Å². The molecular formula is C22H31N5O9. The van der Waals surface area contributed by atoms with Crippen LogP contribution >= 0.6 is 0 Å². The molecule has 0 aliphatic carbocycles. The van der Waals surface area contributed by atoms with E-state index in [2.05, 4.69) is 16.0 Å². The number of rotatable bonds is 14. The molecule has 0 saturated heterocycles. The topological polar surface area (TPSA) is 251 Å². The highest BCUT2D eigenvalue weighted by molar-refractivity contribution is 5.96. The molecule has 0 spiro atoms. The molecule has 14 heteroatoms. The summed E-state index contributed by atoms with van der Waals surface area (Å²) in [4.78, 5) is 71.8. The molecule has 1 rings (SSSR count). The number of aromatic hydroxyl groups is 1. The molecule has 198 valence electrons. The van der Waals surface area contributed by atoms with E-state index in [1.165, 1.54) is 24.3 Å². The van der Waals surface area contributed by atoms with Gasteiger partial charge in [-0.1, -0.05) is 26.0 Å². The number of phenols is 1. The van der Waals surface area contributed by atoms with Crippen molar-refractivity contribution in [2.45, 2.75) is 57.3 Å². The second-order valence-electron chi connectivity index (χ2n) is 8.44. The SMILES string of the molecule is CC(C)C(NC(=O)C(N)CC(N)=O)C(=O)NC(CC(=O)O)C(=O)NC(Cc1ccc(O)cc1)C(=O)O. The minimum atomic E-state index is -1.67. The van der Waals surface area contributed by atoms with Crippen LogP contribution in [0.5, 0.6) is 5.75 Å². The van der Waals surface area contributed by atoms with Crippen LogP contribution in [0.2, 0.25) is 0 Å². The Kier molecular flexibility index (Phi) is 11.3. The van der Waals surface area contributed by atoms with Gasteiger partial charge in [0, 0.05) is 6.42 Å². The molecule has 0 saturated carbocycles. The number of nitrogens with two attached hydrogens (primary N) is 2. The number of hydrogen-bond donors (Lipinski definition) is 8. The number of carbonyl (C=O) groups excluding carboxylic acids is 4. The Hall–Kier alpha value is -4.20. The van der Waals surface area contributed by atoms with E-state index in [9.17, 15) is 44.1 Å². The zero-order valence-electron chi connectivity index (χ0n) is 19.8. The van der Waals surface area contributed by atoms with Crippen molar-refractivity contribution >= 4 is 35.6 Å². The van der Waals surface area contributed by atoms with Crippen LogP contribution in [0.3, 0.4) is 0 Å². The smallest absolute Gasteiger partial charge is 0.326 e. The van der Waals surface area contributed by atoms with E-state index in [1.807, 2.05) is 0 Å². The fraction of sp³-hybridized carbons (Fsp3) is 0.455. The van der Waals surface area contributed by atoms with E-state index < -0.39 is 78.5 Å². The molecule has 4 unspecified atom stereocenters. The van der Waals surface area contributed by atoms with Crippen molar-refractivity contribution in [3.05, 3.63) is 29.8 Å². The average Bonchev–Trinajstić information content (AvgIpc) is 2.76. The van der Waals surface area contributed by atoms with Crippen LogP contribution in [-0.4, -0.2) is 75.1 Å². The Morgan fingerprint density at radius 1 is 0.833 bits per heavy atom. The Balaban J connectivity index is 3.00. The molecule has 14 nitrogen and oxygen atoms in total. The summed E-state index contributed by atoms with van der Waals surface area (Å²) in [6.07, 6.45) is -1.53. The van der Waals surface area contributed by atoms with Gasteiger partial charge < -0.3 is 42.7 Å². The predicted octanol–water partition coefficient (Wildman–Crippen LogP) is -2.19. The first-order chi connectivity index (χ1) is 16.7. The van der Waals surface area contributed by atoms with Crippen LogP contribution in [0.25, 0.3) is 0 Å². The van der Waals surface area contributed by atoms with E-state index in [1.54, 1.807) is 13.8 Å². The van der Waals surface area contributed by atoms with E-state index in [4.69, 9.17) is 11.5 Å². The third-order valence-corrected chi connectivity index (χ3v) is 5.01. The molecular weight excluding hydrogens is 478 g/mol. The molecule has 1 aromatic rings. The summed E-state index contributed by atoms with van der Waals surface area (Å²) < 4.78 is 0. The second-order valence-corrected chi connectivity index (χ2v) is 8.44. The van der Waals surface area contributed by atoms with Gasteiger partial charge in [0.15, 0.2) is 0 Å². The number of carbonyl (C=O) groups is 6. The molecule has 10 N–H and O–H groups in total. The maximum atomic E-state index is 12.8. The lowest BCUT2D eigenvalue weighted by atomic mass is 10.0. The number of phenolic OH excluding ortho intramolecular Hbond substituents is 1. The van der Waals surface area contributed by atoms with Crippen molar-refractivity contribution in [2.75, 3.05) is 0 Å². The van der Waals surface area contributed by atoms with Gasteiger partial charge in [-0.3, -0.25) is 24.0 Å². The van der Waals surface area contributed by atoms with Gasteiger partial charge in [-0.2, -0.15) is 0 Å². The number of hydrogen-bond acceptors (Lipinski definition) is 8. The van der Waals surface area contributed by atoms with Crippen molar-refractivity contribution in [2.24, 2.45) is 17.4 Å². The lowest BCUT2D eigenvalue weighted by Crippen LogP contribution is -2.59. The van der Waals surface area contributed by atoms with E-state index >= 15 is 0 Å². The van der Waals surface area contributed by atoms with Crippen molar-refractivity contribution in [1.82, 2.24) is 16.0 Å². The summed E-state index contributed by atoms with van der Waals surface area (Å²) in [7, 11) is 0. The highest BCUT2D eigenvalue weighted by atomic mass is 16.4. The number of aliphatic carboxylic acids is 2. The number of primary amides is 1. The first-order valence-electron chi connectivity index (χ1n) is 10.9. The predicted molar refractivity (Wildman–Crippen MR) is 124 cm³/mol. The van der Waals surface area contributed by atoms with Gasteiger partial charge >= 0.3 is 11.9 Å². The van der Waals surface area contributed by atoms with Crippen LogP contribution in [-0.2, 0) is 35.2 Å². The molecule has 0 aromatic heterocycles. The molecule has 0 bridgehead atoms. The van der Waals surface area contributed by atoms with Crippen LogP contribution in [0.15, 0.2) is 24.3 Å². The van der Waals surface area contributed by atoms with Crippen molar-refractivity contribution < 1.29 is 44.1 Å². The fourth-order valence-corrected chi connectivity index (χ4v) is 3.09. The van der Waals surface area contributed by atoms with Crippen molar-refractivity contribution in [3.8, 4) is 5.75 Å². The third-order valence-electron chi connectivity index (χ3n) is 5.01. The number of nitrogens with one attached hydrogen (secondary N) is 3. The van der Waals surface area contributed by atoms with Crippen LogP contribution in [0.4, 0.5) is 0 Å². The number of carboxylic acid groups (broad SMARTS) is 2. The molecule has 0 aliphatic rings. The monoisotopic (exact) mass is 509 g/mol. The summed E-state index contributed by atoms with van der Waals surface area (Å²) in [5.41, 5.74) is 11.1. The van der Waals surface area contributed by atoms with Crippen molar-refractivity contribution in [3.63, 3.8) is 0 Å². The zero-order valence-corrected chi connectivity index (χ0v) is 19.8. The number of amides is 4. The summed E-state index contributed by atoms with van der Waals surface area (Å²) in [5, 5.41) is 34.8. The second kappa shape index (κ2) is 13.6. The Labute approximate surface area is 206 Å². The zero-order chi connectivity index (χ0) is 27.6. The van der Waals surface area contributed by atoms with Crippen molar-refractivity contribution in [1.29, 1.82) is 0 Å². The maximum Gasteiger partial charge on any atom is 0.326 e. The van der Waals surface area contributed by atoms with E-state index in [0.29, 0.717) is 5.56 Å². The van der Waals surface area contributed by atoms with Gasteiger partial charge in [0.1, 0.15) is 23.9 Å². The van der Waals surface area contributed by atoms with Gasteiger partial charge in [0.2, 0.25) is 23.6 Å². The highest BCUT2D eigenvalue weighted by Gasteiger charge is 2.33. The molecule has 4 atom stereocenters. The molecule has 0 aliphatic heterocycles. The van der Waals surface area contributed by atoms with Gasteiger partial charge in [-0.05, 0) is 23.6 Å². The molecule has 36 heavy (non-hydrogen) atoms. The lowest BCUT2D eigenvalue weighted by molar-refractivity contribution is -0.143. The van der Waals surface area contributed by atoms with E-state index in [0.717, 1.165) is 0 Å². The number of carboxylic acids is 2. The standard InChI is InChI=1S/C22H31N5O9/c1-10(2)18(27-19(32)13(23)8-16(24)29)21(34)25-14(9-17(30)31)20(33)26-15(22(35)36)7-11-3-5-12(28)6-4-11/h3-6,10,13-15,18,28H,7-9,23H2,1-2H3,(H2,24,29)(H,25,34)(H,26,33)(H,27,32)(H,30,31)(H,35,36). The van der Waals surface area contributed by atoms with Gasteiger partial charge in [0.05, 0.1) is 18.9 Å². The minimum Gasteiger partial charge on any atom is -0.508 e. The normalized spacial score (nSPS) is 14.1. The highest BCUT2D eigenvalue weighted by Crippen LogP contribution is 2.12. The minimum absolute atomic E-state index is 0.0405. The summed E-state index contributed by atoms with van der Waals surface area (Å²) in [6.45, 7) is 3.13. The lowest BCUT2D eigenvalue weighted by Gasteiger charge is -2.26. The quantitative estimate of drug-likeness (QED) is 0.134. The summed E-state index contributed by atoms with van der Waals surface area (Å²) in [5.74, 6) is -7.12. The van der Waals surface area contributed by atoms with Crippen LogP contribution in [0.1, 0.15) is 32.3 Å². The Bertz CT molecular complexity index is 981. The van der Waals surface area contributed by atoms with Crippen LogP contribution in [0, 0.1) is 5.92 Å². The third kappa shape index (κ3) is 9.97. The Morgan fingerprint density at radius 3 is 1.86 bits per heavy atom. The average molecular weight is 510 g/mol. The first-order valence-corrected chi connectivity index (χ1v) is 10.9. The van der Waals surface area contributed by atoms with E-state index in [-0.39, 0.29) is 12.2 Å². The summed E-state index contributed by atoms with van der Waals surface area (Å²) in [6, 6.07) is -0.159. The molecule has 0 fully saturated rings. The fourth-order valence-electron chi connectivity index (χ4n) is 3.09. The largest absolute Gasteiger partial charge is 0.508 e. The first kappa shape index (κ1) is 29.8. The molecule has 0 heterocycles. The summed E-state index contributed by atoms with van der Waals surface area (Å²) >= 11 is 0. The maximum absolute atomic E-state index is 12.8. The number of benzene rings is 1. The molecule has 4 amide bonds. The van der Waals surface area contributed by atoms with Gasteiger partial charge in [-0.15, -0.1) is 0 Å². The molecule has 1 aromatic carbocycles. The van der Waals surface area contributed by atoms with Gasteiger partial charge in [-0.25, -0.2) is 4.79 Å². The van der Waals surface area contributed by atoms with Gasteiger partial charge in [0.25, 0.3) is 0 Å². The Morgan fingerprint density at radius 2 is 1.39 bits per heavy atom. The molecule has 0 radical (unpaired) electrons.